The van der Waals surface area contributed by atoms with Gasteiger partial charge in [0.15, 0.2) is 5.60 Å². The van der Waals surface area contributed by atoms with Crippen molar-refractivity contribution in [1.82, 2.24) is 0 Å². The number of hydrogen-bond donors (Lipinski definition) is 2. The van der Waals surface area contributed by atoms with Crippen molar-refractivity contribution >= 4 is 0 Å². The van der Waals surface area contributed by atoms with E-state index in [2.05, 4.69) is 13.8 Å². The Bertz CT molecular complexity index is 602. The van der Waals surface area contributed by atoms with Crippen molar-refractivity contribution in [2.24, 2.45) is 59.2 Å². The average Bonchev–Trinajstić information content (AvgIpc) is 3.23. The van der Waals surface area contributed by atoms with Gasteiger partial charge in [0.05, 0.1) is 5.60 Å². The highest BCUT2D eigenvalue weighted by molar-refractivity contribution is 5.24. The molecule has 0 aromatic rings. The van der Waals surface area contributed by atoms with Crippen LogP contribution in [0, 0.1) is 59.2 Å². The summed E-state index contributed by atoms with van der Waals surface area (Å²) in [7, 11) is 0. The fourth-order valence-corrected chi connectivity index (χ4v) is 8.64. The summed E-state index contributed by atoms with van der Waals surface area (Å²) in [5.41, 5.74) is -3.41. The lowest BCUT2D eigenvalue weighted by Crippen LogP contribution is -2.51. The van der Waals surface area contributed by atoms with Crippen molar-refractivity contribution in [2.75, 3.05) is 0 Å². The van der Waals surface area contributed by atoms with E-state index in [4.69, 9.17) is 0 Å². The summed E-state index contributed by atoms with van der Waals surface area (Å²) < 4.78 is 40.0. The first-order valence-corrected chi connectivity index (χ1v) is 10.00. The molecule has 0 amide bonds. The Balaban J connectivity index is 1.47. The van der Waals surface area contributed by atoms with Gasteiger partial charge < -0.3 is 10.2 Å². The third kappa shape index (κ3) is 1.76. The maximum absolute atomic E-state index is 13.3. The van der Waals surface area contributed by atoms with Gasteiger partial charge in [-0.25, -0.2) is 0 Å². The molecule has 0 aromatic heterocycles. The largest absolute Gasteiger partial charge is 0.417 e. The van der Waals surface area contributed by atoms with E-state index in [0.717, 1.165) is 13.3 Å². The van der Waals surface area contributed by atoms with Gasteiger partial charge in [0.1, 0.15) is 0 Å². The van der Waals surface area contributed by atoms with Gasteiger partial charge in [-0.05, 0) is 91.8 Å². The molecular weight excluding hydrogens is 329 g/mol. The fraction of sp³-hybridized carbons (Fsp3) is 1.00. The molecule has 4 bridgehead atoms. The van der Waals surface area contributed by atoms with Crippen molar-refractivity contribution in [3.05, 3.63) is 0 Å². The van der Waals surface area contributed by atoms with Crippen molar-refractivity contribution in [3.8, 4) is 0 Å². The highest BCUT2D eigenvalue weighted by Crippen LogP contribution is 2.76. The number of halogens is 3. The quantitative estimate of drug-likeness (QED) is 0.699. The van der Waals surface area contributed by atoms with E-state index in [0.29, 0.717) is 54.3 Å². The molecule has 5 heteroatoms. The summed E-state index contributed by atoms with van der Waals surface area (Å²) in [6, 6.07) is 0. The zero-order chi connectivity index (χ0) is 18.1. The number of aliphatic hydroxyl groups is 2. The molecule has 0 saturated heterocycles. The average molecular weight is 358 g/mol. The fourth-order valence-electron chi connectivity index (χ4n) is 8.64. The molecule has 12 atom stereocenters. The van der Waals surface area contributed by atoms with Crippen LogP contribution in [0.3, 0.4) is 0 Å². The molecule has 0 aliphatic heterocycles. The Morgan fingerprint density at radius 2 is 1.56 bits per heavy atom. The highest BCUT2D eigenvalue weighted by atomic mass is 19.4. The molecule has 0 radical (unpaired) electrons. The lowest BCUT2D eigenvalue weighted by atomic mass is 9.58. The Labute approximate surface area is 147 Å². The smallest absolute Gasteiger partial charge is 0.389 e. The Hall–Kier alpha value is -0.290. The van der Waals surface area contributed by atoms with Gasteiger partial charge in [-0.15, -0.1) is 0 Å². The van der Waals surface area contributed by atoms with E-state index in [1.807, 2.05) is 0 Å². The second-order valence-electron chi connectivity index (χ2n) is 10.3. The van der Waals surface area contributed by atoms with Crippen LogP contribution >= 0.6 is 0 Å². The third-order valence-corrected chi connectivity index (χ3v) is 9.90. The topological polar surface area (TPSA) is 40.5 Å². The molecule has 0 aromatic carbocycles. The van der Waals surface area contributed by atoms with Gasteiger partial charge in [-0.1, -0.05) is 13.8 Å². The van der Waals surface area contributed by atoms with E-state index in [9.17, 15) is 23.4 Å². The van der Waals surface area contributed by atoms with Crippen LogP contribution in [-0.4, -0.2) is 27.6 Å². The van der Waals surface area contributed by atoms with E-state index in [-0.39, 0.29) is 11.8 Å². The lowest BCUT2D eigenvalue weighted by molar-refractivity contribution is -0.272. The monoisotopic (exact) mass is 358 g/mol. The highest BCUT2D eigenvalue weighted by Gasteiger charge is 2.76. The van der Waals surface area contributed by atoms with Crippen molar-refractivity contribution in [1.29, 1.82) is 0 Å². The zero-order valence-electron chi connectivity index (χ0n) is 15.1. The number of hydrogen-bond acceptors (Lipinski definition) is 2. The van der Waals surface area contributed by atoms with Crippen molar-refractivity contribution in [3.63, 3.8) is 0 Å². The first kappa shape index (κ1) is 16.9. The van der Waals surface area contributed by atoms with Crippen LogP contribution in [0.1, 0.15) is 46.5 Å². The molecule has 5 fully saturated rings. The van der Waals surface area contributed by atoms with Crippen LogP contribution < -0.4 is 0 Å². The Morgan fingerprint density at radius 1 is 0.920 bits per heavy atom. The molecule has 5 aliphatic rings. The van der Waals surface area contributed by atoms with E-state index in [1.165, 1.54) is 6.42 Å². The van der Waals surface area contributed by atoms with Gasteiger partial charge in [0, 0.05) is 0 Å². The summed E-state index contributed by atoms with van der Waals surface area (Å²) in [6.07, 6.45) is -1.84. The van der Waals surface area contributed by atoms with Crippen LogP contribution in [-0.2, 0) is 0 Å². The van der Waals surface area contributed by atoms with E-state index < -0.39 is 23.3 Å². The predicted molar refractivity (Wildman–Crippen MR) is 86.3 cm³/mol. The predicted octanol–water partition coefficient (Wildman–Crippen LogP) is 3.86. The summed E-state index contributed by atoms with van der Waals surface area (Å²) in [5, 5.41) is 21.8. The normalized spacial score (nSPS) is 61.4. The molecule has 0 heterocycles. The summed E-state index contributed by atoms with van der Waals surface area (Å²) in [5.74, 6) is 3.01. The molecular formula is C20H29F3O2. The SMILES string of the molecule is CC1C(C)C2CC1C1C3CC(O)(C4CC(C(C)(O)C(F)(F)F)CC34)C21. The molecule has 2 N–H and O–H groups in total. The van der Waals surface area contributed by atoms with Crippen molar-refractivity contribution < 1.29 is 23.4 Å². The van der Waals surface area contributed by atoms with Crippen LogP contribution in [0.25, 0.3) is 0 Å². The van der Waals surface area contributed by atoms with Gasteiger partial charge in [0.2, 0.25) is 0 Å². The summed E-state index contributed by atoms with van der Waals surface area (Å²) >= 11 is 0. The van der Waals surface area contributed by atoms with Gasteiger partial charge in [-0.2, -0.15) is 13.2 Å². The third-order valence-electron chi connectivity index (χ3n) is 9.90. The minimum Gasteiger partial charge on any atom is -0.389 e. The molecule has 0 spiro atoms. The lowest BCUT2D eigenvalue weighted by Gasteiger charge is -2.48. The molecule has 5 aliphatic carbocycles. The van der Waals surface area contributed by atoms with Crippen LogP contribution in [0.2, 0.25) is 0 Å². The number of rotatable bonds is 1. The van der Waals surface area contributed by atoms with Crippen molar-refractivity contribution in [2.45, 2.75) is 63.8 Å². The first-order chi connectivity index (χ1) is 11.5. The van der Waals surface area contributed by atoms with Gasteiger partial charge in [0.25, 0.3) is 0 Å². The molecule has 142 valence electrons. The molecule has 12 unspecified atom stereocenters. The minimum absolute atomic E-state index is 0.0422. The van der Waals surface area contributed by atoms with Gasteiger partial charge >= 0.3 is 6.18 Å². The Morgan fingerprint density at radius 3 is 2.20 bits per heavy atom. The molecule has 25 heavy (non-hydrogen) atoms. The molecule has 2 nitrogen and oxygen atoms in total. The van der Waals surface area contributed by atoms with Crippen LogP contribution in [0.4, 0.5) is 13.2 Å². The van der Waals surface area contributed by atoms with Gasteiger partial charge in [-0.3, -0.25) is 0 Å². The standard InChI is InChI=1S/C20H29F3O2/c1-8-9(2)12-6-11(8)16-14-7-19(25,17(12)16)15-5-10(4-13(14)15)18(3,24)20(21,22)23/h8-17,24-25H,4-7H2,1-3H3. The summed E-state index contributed by atoms with van der Waals surface area (Å²) in [4.78, 5) is 0. The van der Waals surface area contributed by atoms with E-state index in [1.54, 1.807) is 0 Å². The summed E-state index contributed by atoms with van der Waals surface area (Å²) in [6.45, 7) is 5.55. The van der Waals surface area contributed by atoms with Crippen LogP contribution in [0.15, 0.2) is 0 Å². The second kappa shape index (κ2) is 4.57. The Kier molecular flexibility index (Phi) is 3.08. The molecule has 5 saturated carbocycles. The number of fused-ring (bicyclic) bond motifs is 12. The maximum Gasteiger partial charge on any atom is 0.417 e. The zero-order valence-corrected chi connectivity index (χ0v) is 15.1. The second-order valence-corrected chi connectivity index (χ2v) is 10.3. The molecule has 5 rings (SSSR count). The van der Waals surface area contributed by atoms with Crippen LogP contribution in [0.5, 0.6) is 0 Å². The minimum atomic E-state index is -4.60. The van der Waals surface area contributed by atoms with E-state index >= 15 is 0 Å². The number of alkyl halides is 3. The maximum atomic E-state index is 13.3. The first-order valence-electron chi connectivity index (χ1n) is 10.00.